The average Bonchev–Trinajstić information content (AvgIpc) is 2.69. The maximum absolute atomic E-state index is 12.1. The summed E-state index contributed by atoms with van der Waals surface area (Å²) in [5.41, 5.74) is 2.17. The van der Waals surface area contributed by atoms with Gasteiger partial charge in [0.25, 0.3) is 0 Å². The average molecular weight is 451 g/mol. The van der Waals surface area contributed by atoms with Crippen LogP contribution in [0.1, 0.15) is 5.56 Å². The molecular formula is C21H19BrN6O. The van der Waals surface area contributed by atoms with Crippen LogP contribution in [0.4, 0.5) is 17.3 Å². The predicted molar refractivity (Wildman–Crippen MR) is 119 cm³/mol. The normalized spacial score (nSPS) is 11.0. The van der Waals surface area contributed by atoms with Crippen molar-refractivity contribution < 1.29 is 4.79 Å². The Balaban J connectivity index is 1.86. The first-order valence-electron chi connectivity index (χ1n) is 8.72. The summed E-state index contributed by atoms with van der Waals surface area (Å²) in [7, 11) is 3.86. The summed E-state index contributed by atoms with van der Waals surface area (Å²) in [4.78, 5) is 26.9. The highest BCUT2D eigenvalue weighted by molar-refractivity contribution is 9.10. The van der Waals surface area contributed by atoms with Crippen LogP contribution < -0.4 is 10.6 Å². The maximum Gasteiger partial charge on any atom is 0.249 e. The van der Waals surface area contributed by atoms with Crippen LogP contribution in [0, 0.1) is 12.3 Å². The fraction of sp³-hybridized carbons (Fsp3) is 0.143. The van der Waals surface area contributed by atoms with Crippen LogP contribution in [0.25, 0.3) is 10.9 Å². The molecule has 0 aliphatic heterocycles. The molecule has 0 saturated heterocycles. The molecule has 8 heteroatoms. The van der Waals surface area contributed by atoms with E-state index < -0.39 is 0 Å². The highest BCUT2D eigenvalue weighted by atomic mass is 79.9. The summed E-state index contributed by atoms with van der Waals surface area (Å²) < 4.78 is 0.842. The molecule has 1 amide bonds. The summed E-state index contributed by atoms with van der Waals surface area (Å²) in [6.45, 7) is 0.674. The van der Waals surface area contributed by atoms with Gasteiger partial charge in [-0.05, 0) is 54.3 Å². The lowest BCUT2D eigenvalue weighted by Gasteiger charge is -2.10. The molecule has 0 spiro atoms. The maximum atomic E-state index is 12.1. The fourth-order valence-electron chi connectivity index (χ4n) is 2.52. The molecule has 7 nitrogen and oxygen atoms in total. The van der Waals surface area contributed by atoms with Crippen molar-refractivity contribution in [2.45, 2.75) is 0 Å². The molecule has 3 rings (SSSR count). The van der Waals surface area contributed by atoms with Gasteiger partial charge in [-0.2, -0.15) is 0 Å². The molecule has 0 aliphatic rings. The van der Waals surface area contributed by atoms with Crippen LogP contribution in [0.15, 0.2) is 53.4 Å². The Bertz CT molecular complexity index is 1120. The largest absolute Gasteiger partial charge is 0.340 e. The van der Waals surface area contributed by atoms with Crippen LogP contribution >= 0.6 is 15.9 Å². The van der Waals surface area contributed by atoms with Gasteiger partial charge in [-0.15, -0.1) is 6.42 Å². The molecule has 2 heterocycles. The second kappa shape index (κ2) is 9.28. The number of nitrogens with zero attached hydrogens (tertiary/aromatic N) is 4. The van der Waals surface area contributed by atoms with E-state index in [0.717, 1.165) is 21.1 Å². The van der Waals surface area contributed by atoms with Crippen LogP contribution in [-0.4, -0.2) is 46.4 Å². The molecule has 29 heavy (non-hydrogen) atoms. The second-order valence-electron chi connectivity index (χ2n) is 6.43. The standard InChI is InChI=1S/C21H19BrN6O/c1-4-14-10-15(7-8-17(14)22)26-21-16-11-19(23-12-18(16)24-13-25-21)27-20(29)6-5-9-28(2)3/h1,5-8,10-13H,9H2,2-3H3,(H,23,27,29)(H,24,25,26). The van der Waals surface area contributed by atoms with Crippen molar-refractivity contribution in [3.05, 3.63) is 59.0 Å². The number of halogens is 1. The van der Waals surface area contributed by atoms with E-state index in [1.54, 1.807) is 18.3 Å². The number of benzene rings is 1. The number of hydrogen-bond donors (Lipinski definition) is 2. The number of rotatable bonds is 6. The van der Waals surface area contributed by atoms with Gasteiger partial charge in [0.15, 0.2) is 0 Å². The van der Waals surface area contributed by atoms with Crippen molar-refractivity contribution in [1.82, 2.24) is 19.9 Å². The monoisotopic (exact) mass is 450 g/mol. The number of hydrogen-bond acceptors (Lipinski definition) is 6. The number of pyridine rings is 1. The first-order chi connectivity index (χ1) is 14.0. The molecule has 0 saturated carbocycles. The van der Waals surface area contributed by atoms with E-state index in [9.17, 15) is 4.79 Å². The lowest BCUT2D eigenvalue weighted by atomic mass is 10.2. The molecule has 3 aromatic rings. The third kappa shape index (κ3) is 5.38. The van der Waals surface area contributed by atoms with Crippen molar-refractivity contribution in [3.63, 3.8) is 0 Å². The zero-order valence-electron chi connectivity index (χ0n) is 16.0. The summed E-state index contributed by atoms with van der Waals surface area (Å²) in [5.74, 6) is 3.37. The lowest BCUT2D eigenvalue weighted by Crippen LogP contribution is -2.13. The number of likely N-dealkylation sites (N-methyl/N-ethyl adjacent to an activating group) is 1. The molecule has 146 valence electrons. The molecule has 0 radical (unpaired) electrons. The predicted octanol–water partition coefficient (Wildman–Crippen LogP) is 3.57. The SMILES string of the molecule is C#Cc1cc(Nc2ncnc3cnc(NC(=O)C=CCN(C)C)cc23)ccc1Br. The van der Waals surface area contributed by atoms with Crippen LogP contribution in [0.3, 0.4) is 0 Å². The molecule has 0 atom stereocenters. The Morgan fingerprint density at radius 1 is 1.28 bits per heavy atom. The van der Waals surface area contributed by atoms with E-state index >= 15 is 0 Å². The van der Waals surface area contributed by atoms with Crippen molar-refractivity contribution in [1.29, 1.82) is 0 Å². The van der Waals surface area contributed by atoms with Gasteiger partial charge >= 0.3 is 0 Å². The third-order valence-corrected chi connectivity index (χ3v) is 4.59. The number of nitrogens with one attached hydrogen (secondary N) is 2. The van der Waals surface area contributed by atoms with Crippen LogP contribution in [0.2, 0.25) is 0 Å². The van der Waals surface area contributed by atoms with E-state index in [-0.39, 0.29) is 5.91 Å². The van der Waals surface area contributed by atoms with Crippen LogP contribution in [-0.2, 0) is 4.79 Å². The van der Waals surface area contributed by atoms with Crippen molar-refractivity contribution in [3.8, 4) is 12.3 Å². The number of fused-ring (bicyclic) bond motifs is 1. The molecule has 0 aliphatic carbocycles. The van der Waals surface area contributed by atoms with Crippen LogP contribution in [0.5, 0.6) is 0 Å². The number of anilines is 3. The minimum absolute atomic E-state index is 0.253. The van der Waals surface area contributed by atoms with Gasteiger partial charge < -0.3 is 15.5 Å². The second-order valence-corrected chi connectivity index (χ2v) is 7.28. The first-order valence-corrected chi connectivity index (χ1v) is 9.52. The summed E-state index contributed by atoms with van der Waals surface area (Å²) in [6, 6.07) is 7.33. The molecular weight excluding hydrogens is 432 g/mol. The summed E-state index contributed by atoms with van der Waals surface area (Å²) in [6.07, 6.45) is 11.8. The fourth-order valence-corrected chi connectivity index (χ4v) is 2.88. The minimum Gasteiger partial charge on any atom is -0.340 e. The van der Waals surface area contributed by atoms with Gasteiger partial charge in [0.2, 0.25) is 5.91 Å². The van der Waals surface area contributed by atoms with Crippen molar-refractivity contribution in [2.24, 2.45) is 0 Å². The zero-order valence-corrected chi connectivity index (χ0v) is 17.6. The van der Waals surface area contributed by atoms with E-state index in [4.69, 9.17) is 6.42 Å². The number of carbonyl (C=O) groups excluding carboxylic acids is 1. The topological polar surface area (TPSA) is 83.0 Å². The number of carbonyl (C=O) groups is 1. The molecule has 2 N–H and O–H groups in total. The lowest BCUT2D eigenvalue weighted by molar-refractivity contribution is -0.111. The Morgan fingerprint density at radius 2 is 2.10 bits per heavy atom. The molecule has 0 bridgehead atoms. The number of amides is 1. The Morgan fingerprint density at radius 3 is 2.86 bits per heavy atom. The molecule has 0 fully saturated rings. The van der Waals surface area contributed by atoms with Crippen molar-refractivity contribution in [2.75, 3.05) is 31.3 Å². The highest BCUT2D eigenvalue weighted by Crippen LogP contribution is 2.26. The zero-order chi connectivity index (χ0) is 20.8. The van der Waals surface area contributed by atoms with Gasteiger partial charge in [0.1, 0.15) is 18.0 Å². The van der Waals surface area contributed by atoms with E-state index in [1.165, 1.54) is 12.4 Å². The summed E-state index contributed by atoms with van der Waals surface area (Å²) >= 11 is 3.42. The van der Waals surface area contributed by atoms with Gasteiger partial charge in [-0.1, -0.05) is 12.0 Å². The molecule has 1 aromatic carbocycles. The van der Waals surface area contributed by atoms with Gasteiger partial charge in [-0.25, -0.2) is 15.0 Å². The Hall–Kier alpha value is -3.28. The highest BCUT2D eigenvalue weighted by Gasteiger charge is 2.09. The van der Waals surface area contributed by atoms with Gasteiger partial charge in [0.05, 0.1) is 11.7 Å². The van der Waals surface area contributed by atoms with Crippen molar-refractivity contribution >= 4 is 50.1 Å². The van der Waals surface area contributed by atoms with Gasteiger partial charge in [0, 0.05) is 33.7 Å². The molecule has 2 aromatic heterocycles. The third-order valence-electron chi connectivity index (χ3n) is 3.90. The van der Waals surface area contributed by atoms with E-state index in [0.29, 0.717) is 23.7 Å². The Labute approximate surface area is 177 Å². The Kier molecular flexibility index (Phi) is 6.54. The smallest absolute Gasteiger partial charge is 0.249 e. The van der Waals surface area contributed by atoms with E-state index in [1.807, 2.05) is 37.2 Å². The minimum atomic E-state index is -0.253. The van der Waals surface area contributed by atoms with Gasteiger partial charge in [-0.3, -0.25) is 4.79 Å². The quantitative estimate of drug-likeness (QED) is 0.441. The number of terminal acetylenes is 1. The summed E-state index contributed by atoms with van der Waals surface area (Å²) in [5, 5.41) is 6.72. The molecule has 0 unspecified atom stereocenters. The number of aromatic nitrogens is 3. The first kappa shape index (κ1) is 20.5. The van der Waals surface area contributed by atoms with E-state index in [2.05, 4.69) is 47.4 Å².